The second-order valence-corrected chi connectivity index (χ2v) is 6.76. The van der Waals surface area contributed by atoms with Crippen LogP contribution in [-0.4, -0.2) is 15.9 Å². The summed E-state index contributed by atoms with van der Waals surface area (Å²) in [6.45, 7) is 2.26. The fraction of sp³-hybridized carbons (Fsp3) is 0.824. The van der Waals surface area contributed by atoms with E-state index in [1.54, 1.807) is 0 Å². The summed E-state index contributed by atoms with van der Waals surface area (Å²) in [6.07, 6.45) is 11.2. The van der Waals surface area contributed by atoms with Crippen LogP contribution >= 0.6 is 0 Å². The molecule has 0 aliphatic heterocycles. The molecule has 1 heterocycles. The normalized spacial score (nSPS) is 30.5. The van der Waals surface area contributed by atoms with Gasteiger partial charge >= 0.3 is 0 Å². The first-order valence-electron chi connectivity index (χ1n) is 8.64. The Morgan fingerprint density at radius 2 is 1.95 bits per heavy atom. The Labute approximate surface area is 126 Å². The van der Waals surface area contributed by atoms with Crippen LogP contribution in [0.2, 0.25) is 0 Å². The van der Waals surface area contributed by atoms with Crippen molar-refractivity contribution in [2.45, 2.75) is 83.0 Å². The lowest BCUT2D eigenvalue weighted by molar-refractivity contribution is -0.122. The fourth-order valence-electron chi connectivity index (χ4n) is 3.92. The van der Waals surface area contributed by atoms with E-state index in [0.717, 1.165) is 31.0 Å². The van der Waals surface area contributed by atoms with Crippen molar-refractivity contribution >= 4 is 5.78 Å². The minimum absolute atomic E-state index is 0.128. The highest BCUT2D eigenvalue weighted by atomic mass is 16.5. The Morgan fingerprint density at radius 1 is 1.14 bits per heavy atom. The van der Waals surface area contributed by atoms with Crippen LogP contribution in [0.5, 0.6) is 0 Å². The van der Waals surface area contributed by atoms with E-state index in [1.807, 2.05) is 0 Å². The lowest BCUT2D eigenvalue weighted by Gasteiger charge is -2.26. The van der Waals surface area contributed by atoms with Gasteiger partial charge in [-0.15, -0.1) is 0 Å². The first-order valence-corrected chi connectivity index (χ1v) is 8.64. The standard InChI is InChI=1S/C17H26N2O2/c1-2-5-12-8-10-13(11-9-12)16-18-17(21-19-16)14-6-3-4-7-15(14)20/h12-14H,2-11H2,1H3. The topological polar surface area (TPSA) is 56.0 Å². The van der Waals surface area contributed by atoms with Crippen molar-refractivity contribution in [1.29, 1.82) is 0 Å². The number of hydrogen-bond acceptors (Lipinski definition) is 4. The Balaban J connectivity index is 1.61. The van der Waals surface area contributed by atoms with Crippen molar-refractivity contribution in [2.75, 3.05) is 0 Å². The van der Waals surface area contributed by atoms with Gasteiger partial charge in [-0.05, 0) is 44.4 Å². The molecule has 2 saturated carbocycles. The van der Waals surface area contributed by atoms with Gasteiger partial charge in [-0.25, -0.2) is 0 Å². The highest BCUT2D eigenvalue weighted by Gasteiger charge is 2.31. The summed E-state index contributed by atoms with van der Waals surface area (Å²) in [5.41, 5.74) is 0. The van der Waals surface area contributed by atoms with E-state index in [-0.39, 0.29) is 11.7 Å². The van der Waals surface area contributed by atoms with Crippen LogP contribution in [0, 0.1) is 5.92 Å². The maximum Gasteiger partial charge on any atom is 0.237 e. The molecule has 2 aliphatic carbocycles. The third-order valence-corrected chi connectivity index (χ3v) is 5.22. The monoisotopic (exact) mass is 290 g/mol. The molecule has 0 spiro atoms. The van der Waals surface area contributed by atoms with Gasteiger partial charge in [-0.1, -0.05) is 31.3 Å². The van der Waals surface area contributed by atoms with Crippen LogP contribution < -0.4 is 0 Å². The maximum absolute atomic E-state index is 12.0. The Bertz CT molecular complexity index is 475. The number of ketones is 1. The van der Waals surface area contributed by atoms with Gasteiger partial charge in [-0.2, -0.15) is 4.98 Å². The Hall–Kier alpha value is -1.19. The van der Waals surface area contributed by atoms with Crippen LogP contribution in [0.15, 0.2) is 4.52 Å². The van der Waals surface area contributed by atoms with Crippen molar-refractivity contribution in [2.24, 2.45) is 5.92 Å². The third kappa shape index (κ3) is 3.35. The average Bonchev–Trinajstić information content (AvgIpc) is 2.98. The largest absolute Gasteiger partial charge is 0.339 e. The number of nitrogens with zero attached hydrogens (tertiary/aromatic N) is 2. The molecular weight excluding hydrogens is 264 g/mol. The summed E-state index contributed by atoms with van der Waals surface area (Å²) in [4.78, 5) is 16.5. The molecule has 0 aromatic carbocycles. The SMILES string of the molecule is CCCC1CCC(c2noc(C3CCCCC3=O)n2)CC1. The molecule has 0 N–H and O–H groups in total. The van der Waals surface area contributed by atoms with E-state index in [9.17, 15) is 4.79 Å². The smallest absolute Gasteiger partial charge is 0.237 e. The van der Waals surface area contributed by atoms with Gasteiger partial charge in [0.2, 0.25) is 5.89 Å². The van der Waals surface area contributed by atoms with Gasteiger partial charge in [-0.3, -0.25) is 4.79 Å². The highest BCUT2D eigenvalue weighted by Crippen LogP contribution is 2.37. The zero-order valence-electron chi connectivity index (χ0n) is 13.0. The maximum atomic E-state index is 12.0. The Morgan fingerprint density at radius 3 is 2.67 bits per heavy atom. The number of hydrogen-bond donors (Lipinski definition) is 0. The minimum atomic E-state index is -0.128. The molecule has 2 aliphatic rings. The predicted octanol–water partition coefficient (Wildman–Crippen LogP) is 4.37. The second-order valence-electron chi connectivity index (χ2n) is 6.76. The van der Waals surface area contributed by atoms with E-state index < -0.39 is 0 Å². The number of Topliss-reactive ketones (excluding diaryl/α,β-unsaturated/α-hetero) is 1. The predicted molar refractivity (Wildman–Crippen MR) is 80.1 cm³/mol. The summed E-state index contributed by atoms with van der Waals surface area (Å²) < 4.78 is 5.42. The molecule has 2 fully saturated rings. The molecule has 21 heavy (non-hydrogen) atoms. The van der Waals surface area contributed by atoms with E-state index in [1.165, 1.54) is 38.5 Å². The molecule has 1 unspecified atom stereocenters. The van der Waals surface area contributed by atoms with Crippen LogP contribution in [0.1, 0.15) is 94.7 Å². The number of rotatable bonds is 4. The van der Waals surface area contributed by atoms with Gasteiger partial charge < -0.3 is 4.52 Å². The van der Waals surface area contributed by atoms with Crippen molar-refractivity contribution < 1.29 is 9.32 Å². The molecule has 3 rings (SSSR count). The van der Waals surface area contributed by atoms with E-state index in [2.05, 4.69) is 17.1 Å². The van der Waals surface area contributed by atoms with E-state index in [0.29, 0.717) is 18.2 Å². The zero-order chi connectivity index (χ0) is 14.7. The Kier molecular flexibility index (Phi) is 4.71. The first-order chi connectivity index (χ1) is 10.3. The lowest BCUT2D eigenvalue weighted by Crippen LogP contribution is -2.18. The molecule has 0 bridgehead atoms. The van der Waals surface area contributed by atoms with Crippen LogP contribution in [0.25, 0.3) is 0 Å². The van der Waals surface area contributed by atoms with Gasteiger partial charge in [0.1, 0.15) is 5.78 Å². The van der Waals surface area contributed by atoms with Crippen molar-refractivity contribution in [3.63, 3.8) is 0 Å². The molecule has 1 aromatic rings. The van der Waals surface area contributed by atoms with Crippen LogP contribution in [-0.2, 0) is 4.79 Å². The summed E-state index contributed by atoms with van der Waals surface area (Å²) in [5.74, 6) is 2.90. The van der Waals surface area contributed by atoms with Crippen LogP contribution in [0.3, 0.4) is 0 Å². The van der Waals surface area contributed by atoms with E-state index in [4.69, 9.17) is 4.52 Å². The summed E-state index contributed by atoms with van der Waals surface area (Å²) in [7, 11) is 0. The minimum Gasteiger partial charge on any atom is -0.339 e. The molecule has 4 heteroatoms. The van der Waals surface area contributed by atoms with Gasteiger partial charge in [0.25, 0.3) is 0 Å². The van der Waals surface area contributed by atoms with Gasteiger partial charge in [0, 0.05) is 12.3 Å². The summed E-state index contributed by atoms with van der Waals surface area (Å²) in [5, 5.41) is 4.18. The van der Waals surface area contributed by atoms with Crippen molar-refractivity contribution in [3.05, 3.63) is 11.7 Å². The molecule has 0 amide bonds. The zero-order valence-corrected chi connectivity index (χ0v) is 13.0. The number of aromatic nitrogens is 2. The second kappa shape index (κ2) is 6.71. The third-order valence-electron chi connectivity index (χ3n) is 5.22. The molecular formula is C17H26N2O2. The molecule has 1 atom stereocenters. The van der Waals surface area contributed by atoms with Crippen LogP contribution in [0.4, 0.5) is 0 Å². The van der Waals surface area contributed by atoms with Gasteiger partial charge in [0.05, 0.1) is 5.92 Å². The fourth-order valence-corrected chi connectivity index (χ4v) is 3.92. The van der Waals surface area contributed by atoms with Crippen molar-refractivity contribution in [1.82, 2.24) is 10.1 Å². The number of carbonyl (C=O) groups is 1. The van der Waals surface area contributed by atoms with Crippen molar-refractivity contribution in [3.8, 4) is 0 Å². The average molecular weight is 290 g/mol. The first kappa shape index (κ1) is 14.7. The summed E-state index contributed by atoms with van der Waals surface area (Å²) >= 11 is 0. The number of carbonyl (C=O) groups excluding carboxylic acids is 1. The molecule has 116 valence electrons. The molecule has 4 nitrogen and oxygen atoms in total. The molecule has 1 aromatic heterocycles. The molecule has 0 saturated heterocycles. The van der Waals surface area contributed by atoms with E-state index >= 15 is 0 Å². The van der Waals surface area contributed by atoms with Gasteiger partial charge in [0.15, 0.2) is 5.82 Å². The quantitative estimate of drug-likeness (QED) is 0.826. The lowest BCUT2D eigenvalue weighted by atomic mass is 9.80. The summed E-state index contributed by atoms with van der Waals surface area (Å²) in [6, 6.07) is 0. The highest BCUT2D eigenvalue weighted by molar-refractivity contribution is 5.85. The molecule has 0 radical (unpaired) electrons.